The van der Waals surface area contributed by atoms with Crippen LogP contribution in [0, 0.1) is 6.92 Å². The molecule has 0 aliphatic heterocycles. The van der Waals surface area contributed by atoms with E-state index in [4.69, 9.17) is 15.3 Å². The molecule has 150 valence electrons. The van der Waals surface area contributed by atoms with Crippen molar-refractivity contribution >= 4 is 12.7 Å². The molecule has 0 atom stereocenters. The molecule has 0 aliphatic rings. The normalized spacial score (nSPS) is 11.8. The quantitative estimate of drug-likeness (QED) is 0.435. The first kappa shape index (κ1) is 21.1. The number of aryl methyl sites for hydroxylation is 1. The molecule has 0 saturated heterocycles. The highest BCUT2D eigenvalue weighted by molar-refractivity contribution is 5.77. The van der Waals surface area contributed by atoms with Crippen molar-refractivity contribution in [3.8, 4) is 11.5 Å². The van der Waals surface area contributed by atoms with Gasteiger partial charge < -0.3 is 15.3 Å². The average Bonchev–Trinajstić information content (AvgIpc) is 2.63. The van der Waals surface area contributed by atoms with Crippen molar-refractivity contribution < 1.29 is 22.7 Å². The molecule has 0 saturated carbocycles. The summed E-state index contributed by atoms with van der Waals surface area (Å²) in [5, 5.41) is 4.58. The van der Waals surface area contributed by atoms with Crippen molar-refractivity contribution in [2.75, 3.05) is 6.54 Å². The molecule has 28 heavy (non-hydrogen) atoms. The molecule has 2 N–H and O–H groups in total. The Kier molecular flexibility index (Phi) is 6.86. The third kappa shape index (κ3) is 5.63. The Balaban J connectivity index is 2.18. The number of halogens is 3. The molecule has 6 nitrogen and oxygen atoms in total. The van der Waals surface area contributed by atoms with Gasteiger partial charge >= 0.3 is 6.18 Å². The second-order valence-corrected chi connectivity index (χ2v) is 5.76. The Bertz CT molecular complexity index is 853. The van der Waals surface area contributed by atoms with Gasteiger partial charge in [0, 0.05) is 24.9 Å². The highest BCUT2D eigenvalue weighted by atomic mass is 19.4. The minimum absolute atomic E-state index is 0.0144. The van der Waals surface area contributed by atoms with Crippen LogP contribution in [0.3, 0.4) is 0 Å². The second-order valence-electron chi connectivity index (χ2n) is 5.76. The number of benzene rings is 2. The number of hydroxylamine groups is 1. The third-order valence-electron chi connectivity index (χ3n) is 3.58. The highest BCUT2D eigenvalue weighted by Crippen LogP contribution is 2.32. The Labute approximate surface area is 161 Å². The molecular weight excluding hydrogens is 373 g/mol. The van der Waals surface area contributed by atoms with Gasteiger partial charge in [-0.2, -0.15) is 13.2 Å². The van der Waals surface area contributed by atoms with Crippen LogP contribution in [0.2, 0.25) is 0 Å². The summed E-state index contributed by atoms with van der Waals surface area (Å²) in [4.78, 5) is 9.49. The molecule has 2 rings (SSSR count). The molecule has 0 aliphatic carbocycles. The summed E-state index contributed by atoms with van der Waals surface area (Å²) in [6.07, 6.45) is -4.45. The van der Waals surface area contributed by atoms with Crippen LogP contribution >= 0.6 is 0 Å². The van der Waals surface area contributed by atoms with Crippen LogP contribution in [0.1, 0.15) is 23.6 Å². The van der Waals surface area contributed by atoms with Crippen molar-refractivity contribution in [3.05, 3.63) is 59.2 Å². The number of rotatable bonds is 7. The molecule has 0 fully saturated rings. The second kappa shape index (κ2) is 9.12. The largest absolute Gasteiger partial charge is 0.489 e. The highest BCUT2D eigenvalue weighted by Gasteiger charge is 2.33. The van der Waals surface area contributed by atoms with Gasteiger partial charge in [0.2, 0.25) is 0 Å². The number of guanidine groups is 1. The SMILES string of the molecule is C=NN(Oc1cc(C)cc(OCc2ccccc2C(F)(F)F)c1)C(N)=NCC. The van der Waals surface area contributed by atoms with E-state index in [2.05, 4.69) is 16.8 Å². The van der Waals surface area contributed by atoms with Gasteiger partial charge in [-0.15, -0.1) is 5.10 Å². The van der Waals surface area contributed by atoms with Crippen molar-refractivity contribution in [1.29, 1.82) is 0 Å². The zero-order valence-corrected chi connectivity index (χ0v) is 15.5. The zero-order chi connectivity index (χ0) is 20.7. The van der Waals surface area contributed by atoms with Gasteiger partial charge in [0.1, 0.15) is 12.4 Å². The maximum Gasteiger partial charge on any atom is 0.416 e. The zero-order valence-electron chi connectivity index (χ0n) is 15.5. The molecule has 2 aromatic carbocycles. The number of nitrogens with two attached hydrogens (primary N) is 1. The Morgan fingerprint density at radius 1 is 1.18 bits per heavy atom. The van der Waals surface area contributed by atoms with Crippen LogP contribution < -0.4 is 15.3 Å². The number of alkyl halides is 3. The van der Waals surface area contributed by atoms with Gasteiger partial charge in [-0.3, -0.25) is 0 Å². The van der Waals surface area contributed by atoms with Crippen LogP contribution in [0.5, 0.6) is 11.5 Å². The van der Waals surface area contributed by atoms with E-state index in [0.29, 0.717) is 18.0 Å². The van der Waals surface area contributed by atoms with Gasteiger partial charge in [-0.05, 0) is 37.6 Å². The number of hydrazone groups is 1. The van der Waals surface area contributed by atoms with E-state index in [9.17, 15) is 13.2 Å². The summed E-state index contributed by atoms with van der Waals surface area (Å²) in [5.74, 6) is 0.670. The van der Waals surface area contributed by atoms with Crippen molar-refractivity contribution in [2.45, 2.75) is 26.6 Å². The van der Waals surface area contributed by atoms with E-state index in [1.165, 1.54) is 24.3 Å². The monoisotopic (exact) mass is 394 g/mol. The lowest BCUT2D eigenvalue weighted by molar-refractivity contribution is -0.138. The van der Waals surface area contributed by atoms with Crippen LogP contribution in [0.25, 0.3) is 0 Å². The Hall–Kier alpha value is -3.23. The van der Waals surface area contributed by atoms with Gasteiger partial charge in [0.05, 0.1) is 5.56 Å². The van der Waals surface area contributed by atoms with Gasteiger partial charge in [0.15, 0.2) is 5.75 Å². The molecule has 2 aromatic rings. The van der Waals surface area contributed by atoms with Crippen LogP contribution in [-0.4, -0.2) is 24.4 Å². The van der Waals surface area contributed by atoms with Crippen LogP contribution in [-0.2, 0) is 12.8 Å². The molecule has 9 heteroatoms. The first-order valence-electron chi connectivity index (χ1n) is 8.38. The summed E-state index contributed by atoms with van der Waals surface area (Å²) in [5.41, 5.74) is 5.81. The van der Waals surface area contributed by atoms with Crippen molar-refractivity contribution in [3.63, 3.8) is 0 Å². The Morgan fingerprint density at radius 3 is 2.50 bits per heavy atom. The molecule has 0 radical (unpaired) electrons. The van der Waals surface area contributed by atoms with Crippen LogP contribution in [0.15, 0.2) is 52.6 Å². The predicted octanol–water partition coefficient (Wildman–Crippen LogP) is 4.14. The van der Waals surface area contributed by atoms with Gasteiger partial charge in [-0.1, -0.05) is 23.4 Å². The van der Waals surface area contributed by atoms with E-state index in [0.717, 1.165) is 16.8 Å². The molecule has 0 unspecified atom stereocenters. The van der Waals surface area contributed by atoms with E-state index in [1.54, 1.807) is 26.0 Å². The molecule has 0 aromatic heterocycles. The van der Waals surface area contributed by atoms with Crippen molar-refractivity contribution in [2.24, 2.45) is 15.8 Å². The van der Waals surface area contributed by atoms with E-state index >= 15 is 0 Å². The lowest BCUT2D eigenvalue weighted by Crippen LogP contribution is -2.35. The van der Waals surface area contributed by atoms with E-state index < -0.39 is 11.7 Å². The molecule has 0 heterocycles. The predicted molar refractivity (Wildman–Crippen MR) is 101 cm³/mol. The fraction of sp³-hybridized carbons (Fsp3) is 0.263. The lowest BCUT2D eigenvalue weighted by Gasteiger charge is -2.18. The number of aliphatic imine (C=N–C) groups is 1. The van der Waals surface area contributed by atoms with Crippen molar-refractivity contribution in [1.82, 2.24) is 5.17 Å². The minimum atomic E-state index is -4.45. The smallest absolute Gasteiger partial charge is 0.416 e. The summed E-state index contributed by atoms with van der Waals surface area (Å²) in [6.45, 7) is 7.14. The topological polar surface area (TPSA) is 72.4 Å². The molecule has 0 spiro atoms. The number of hydrogen-bond acceptors (Lipinski definition) is 4. The third-order valence-corrected chi connectivity index (χ3v) is 3.58. The maximum atomic E-state index is 13.1. The fourth-order valence-electron chi connectivity index (χ4n) is 2.40. The summed E-state index contributed by atoms with van der Waals surface area (Å²) in [7, 11) is 0. The van der Waals surface area contributed by atoms with Gasteiger partial charge in [-0.25, -0.2) is 4.99 Å². The summed E-state index contributed by atoms with van der Waals surface area (Å²) in [6, 6.07) is 10.1. The van der Waals surface area contributed by atoms with Crippen LogP contribution in [0.4, 0.5) is 13.2 Å². The number of hydrogen-bond donors (Lipinski definition) is 1. The standard InChI is InChI=1S/C19H21F3N4O2/c1-4-25-18(23)26(24-3)28-16-10-13(2)9-15(11-16)27-12-14-7-5-6-8-17(14)19(20,21)22/h5-11H,3-4,12H2,1-2H3,(H2,23,25). The summed E-state index contributed by atoms with van der Waals surface area (Å²) < 4.78 is 44.9. The Morgan fingerprint density at radius 2 is 1.86 bits per heavy atom. The molecule has 0 bridgehead atoms. The maximum absolute atomic E-state index is 13.1. The van der Waals surface area contributed by atoms with E-state index in [-0.39, 0.29) is 18.1 Å². The van der Waals surface area contributed by atoms with E-state index in [1.807, 2.05) is 0 Å². The minimum Gasteiger partial charge on any atom is -0.489 e. The first-order chi connectivity index (χ1) is 13.2. The average molecular weight is 394 g/mol. The fourth-order valence-corrected chi connectivity index (χ4v) is 2.40. The molecule has 0 amide bonds. The molecular formula is C19H21F3N4O2. The first-order valence-corrected chi connectivity index (χ1v) is 8.38. The number of nitrogens with zero attached hydrogens (tertiary/aromatic N) is 3. The summed E-state index contributed by atoms with van der Waals surface area (Å²) >= 11 is 0. The van der Waals surface area contributed by atoms with Gasteiger partial charge in [0.25, 0.3) is 5.96 Å². The number of ether oxygens (including phenoxy) is 1. The lowest BCUT2D eigenvalue weighted by atomic mass is 10.1.